The van der Waals surface area contributed by atoms with Gasteiger partial charge in [-0.3, -0.25) is 0 Å². The Balaban J connectivity index is 2.14. The minimum Gasteiger partial charge on any atom is -0.380 e. The molecule has 1 aliphatic rings. The molecule has 0 saturated carbocycles. The summed E-state index contributed by atoms with van der Waals surface area (Å²) in [5, 5.41) is 9.93. The fourth-order valence-corrected chi connectivity index (χ4v) is 2.27. The number of fused-ring (bicyclic) bond motifs is 1. The van der Waals surface area contributed by atoms with E-state index in [1.807, 2.05) is 0 Å². The molecule has 1 fully saturated rings. The Kier molecular flexibility index (Phi) is 3.21. The first-order valence-corrected chi connectivity index (χ1v) is 6.22. The third kappa shape index (κ3) is 2.20. The molecule has 6 heteroatoms. The lowest BCUT2D eigenvalue weighted by Gasteiger charge is -2.21. The highest BCUT2D eigenvalue weighted by molar-refractivity contribution is 5.92. The number of hydrogen-bond acceptors (Lipinski definition) is 6. The summed E-state index contributed by atoms with van der Waals surface area (Å²) in [5.41, 5.74) is 1.12. The molecule has 19 heavy (non-hydrogen) atoms. The average Bonchev–Trinajstić information content (AvgIpc) is 2.75. The number of nitrogens with zero attached hydrogens (tertiary/aromatic N) is 5. The molecule has 96 valence electrons. The highest BCUT2D eigenvalue weighted by Gasteiger charge is 2.17. The molecular weight excluding hydrogens is 242 g/mol. The quantitative estimate of drug-likeness (QED) is 0.760. The van der Waals surface area contributed by atoms with E-state index in [4.69, 9.17) is 4.74 Å². The van der Waals surface area contributed by atoms with Crippen molar-refractivity contribution in [2.75, 3.05) is 31.2 Å². The lowest BCUT2D eigenvalue weighted by atomic mass is 10.2. The van der Waals surface area contributed by atoms with Gasteiger partial charge >= 0.3 is 0 Å². The average molecular weight is 255 g/mol. The zero-order chi connectivity index (χ0) is 13.1. The van der Waals surface area contributed by atoms with Crippen molar-refractivity contribution in [1.29, 1.82) is 5.26 Å². The molecule has 1 aliphatic heterocycles. The van der Waals surface area contributed by atoms with Gasteiger partial charge in [0.2, 0.25) is 0 Å². The van der Waals surface area contributed by atoms with E-state index in [-0.39, 0.29) is 0 Å². The lowest BCUT2D eigenvalue weighted by molar-refractivity contribution is 0.152. The van der Waals surface area contributed by atoms with Gasteiger partial charge in [-0.2, -0.15) is 5.26 Å². The number of nitriles is 1. The molecule has 0 amide bonds. The third-order valence-electron chi connectivity index (χ3n) is 3.16. The van der Waals surface area contributed by atoms with Crippen molar-refractivity contribution >= 4 is 16.7 Å². The molecule has 0 aromatic carbocycles. The van der Waals surface area contributed by atoms with Crippen molar-refractivity contribution in [2.45, 2.75) is 6.42 Å². The molecule has 0 radical (unpaired) electrons. The van der Waals surface area contributed by atoms with Gasteiger partial charge in [-0.05, 0) is 12.5 Å². The van der Waals surface area contributed by atoms with E-state index in [1.54, 1.807) is 12.3 Å². The summed E-state index contributed by atoms with van der Waals surface area (Å²) >= 11 is 0. The number of rotatable bonds is 1. The van der Waals surface area contributed by atoms with E-state index in [1.165, 1.54) is 6.33 Å². The van der Waals surface area contributed by atoms with Gasteiger partial charge in [-0.15, -0.1) is 0 Å². The second-order valence-electron chi connectivity index (χ2n) is 4.32. The Morgan fingerprint density at radius 1 is 1.21 bits per heavy atom. The van der Waals surface area contributed by atoms with E-state index in [0.717, 1.165) is 42.8 Å². The molecule has 0 spiro atoms. The SMILES string of the molecule is N#Cc1nccc2ncnc(N3CCCOCC3)c12. The Morgan fingerprint density at radius 2 is 2.16 bits per heavy atom. The molecule has 3 rings (SSSR count). The molecule has 0 bridgehead atoms. The van der Waals surface area contributed by atoms with E-state index >= 15 is 0 Å². The summed E-state index contributed by atoms with van der Waals surface area (Å²) in [6.07, 6.45) is 4.08. The van der Waals surface area contributed by atoms with Gasteiger partial charge in [0.1, 0.15) is 18.2 Å². The summed E-state index contributed by atoms with van der Waals surface area (Å²) in [6, 6.07) is 3.92. The summed E-state index contributed by atoms with van der Waals surface area (Å²) in [5.74, 6) is 0.778. The molecule has 1 saturated heterocycles. The Bertz CT molecular complexity index is 623. The molecular formula is C13H13N5O. The highest BCUT2D eigenvalue weighted by atomic mass is 16.5. The van der Waals surface area contributed by atoms with Crippen LogP contribution in [0.5, 0.6) is 0 Å². The van der Waals surface area contributed by atoms with Crippen molar-refractivity contribution in [3.63, 3.8) is 0 Å². The molecule has 6 nitrogen and oxygen atoms in total. The number of anilines is 1. The van der Waals surface area contributed by atoms with Crippen LogP contribution in [0.1, 0.15) is 12.1 Å². The zero-order valence-corrected chi connectivity index (χ0v) is 10.4. The standard InChI is InChI=1S/C13H13N5O/c14-8-11-12-10(2-3-15-11)16-9-17-13(12)18-4-1-6-19-7-5-18/h2-3,9H,1,4-7H2. The fourth-order valence-electron chi connectivity index (χ4n) is 2.27. The molecule has 0 N–H and O–H groups in total. The van der Waals surface area contributed by atoms with Gasteiger partial charge in [0.25, 0.3) is 0 Å². The second-order valence-corrected chi connectivity index (χ2v) is 4.32. The first-order chi connectivity index (χ1) is 9.40. The van der Waals surface area contributed by atoms with Gasteiger partial charge in [0, 0.05) is 25.9 Å². The maximum Gasteiger partial charge on any atom is 0.153 e. The molecule has 2 aromatic rings. The van der Waals surface area contributed by atoms with E-state index in [9.17, 15) is 5.26 Å². The van der Waals surface area contributed by atoms with Crippen LogP contribution in [0.15, 0.2) is 18.6 Å². The first-order valence-electron chi connectivity index (χ1n) is 6.22. The molecule has 0 atom stereocenters. The van der Waals surface area contributed by atoms with Crippen LogP contribution in [-0.2, 0) is 4.74 Å². The Hall–Kier alpha value is -2.26. The summed E-state index contributed by atoms with van der Waals surface area (Å²) in [6.45, 7) is 3.08. The number of aromatic nitrogens is 3. The smallest absolute Gasteiger partial charge is 0.153 e. The van der Waals surface area contributed by atoms with Crippen molar-refractivity contribution in [1.82, 2.24) is 15.0 Å². The molecule has 2 aromatic heterocycles. The normalized spacial score (nSPS) is 16.1. The summed E-state index contributed by atoms with van der Waals surface area (Å²) in [4.78, 5) is 14.8. The monoisotopic (exact) mass is 255 g/mol. The van der Waals surface area contributed by atoms with Gasteiger partial charge in [0.15, 0.2) is 5.69 Å². The first kappa shape index (κ1) is 11.8. The summed E-state index contributed by atoms with van der Waals surface area (Å²) < 4.78 is 5.45. The summed E-state index contributed by atoms with van der Waals surface area (Å²) in [7, 11) is 0. The van der Waals surface area contributed by atoms with Crippen LogP contribution in [0.3, 0.4) is 0 Å². The van der Waals surface area contributed by atoms with Gasteiger partial charge in [0.05, 0.1) is 17.5 Å². The van der Waals surface area contributed by atoms with Crippen molar-refractivity contribution in [3.05, 3.63) is 24.3 Å². The van der Waals surface area contributed by atoms with Crippen LogP contribution in [0, 0.1) is 11.3 Å². The second kappa shape index (κ2) is 5.16. The molecule has 0 aliphatic carbocycles. The van der Waals surface area contributed by atoms with Crippen LogP contribution < -0.4 is 4.90 Å². The minimum absolute atomic E-state index is 0.373. The van der Waals surface area contributed by atoms with Gasteiger partial charge < -0.3 is 9.64 Å². The maximum atomic E-state index is 9.20. The van der Waals surface area contributed by atoms with Crippen molar-refractivity contribution in [3.8, 4) is 6.07 Å². The topological polar surface area (TPSA) is 74.9 Å². The van der Waals surface area contributed by atoms with Crippen LogP contribution in [0.2, 0.25) is 0 Å². The van der Waals surface area contributed by atoms with E-state index < -0.39 is 0 Å². The molecule has 3 heterocycles. The predicted molar refractivity (Wildman–Crippen MR) is 69.7 cm³/mol. The number of hydrogen-bond donors (Lipinski definition) is 0. The maximum absolute atomic E-state index is 9.20. The van der Waals surface area contributed by atoms with Crippen LogP contribution in [0.4, 0.5) is 5.82 Å². The predicted octanol–water partition coefficient (Wildman–Crippen LogP) is 1.12. The number of ether oxygens (including phenoxy) is 1. The van der Waals surface area contributed by atoms with Crippen molar-refractivity contribution < 1.29 is 4.74 Å². The van der Waals surface area contributed by atoms with Crippen LogP contribution in [-0.4, -0.2) is 41.3 Å². The zero-order valence-electron chi connectivity index (χ0n) is 10.4. The van der Waals surface area contributed by atoms with E-state index in [0.29, 0.717) is 12.3 Å². The Labute approximate surface area is 110 Å². The third-order valence-corrected chi connectivity index (χ3v) is 3.16. The highest BCUT2D eigenvalue weighted by Crippen LogP contribution is 2.25. The fraction of sp³-hybridized carbons (Fsp3) is 0.385. The molecule has 0 unspecified atom stereocenters. The number of pyridine rings is 1. The van der Waals surface area contributed by atoms with Crippen LogP contribution in [0.25, 0.3) is 10.9 Å². The Morgan fingerprint density at radius 3 is 3.05 bits per heavy atom. The van der Waals surface area contributed by atoms with Gasteiger partial charge in [-0.25, -0.2) is 15.0 Å². The largest absolute Gasteiger partial charge is 0.380 e. The van der Waals surface area contributed by atoms with Gasteiger partial charge in [-0.1, -0.05) is 0 Å². The van der Waals surface area contributed by atoms with Crippen molar-refractivity contribution in [2.24, 2.45) is 0 Å². The minimum atomic E-state index is 0.373. The van der Waals surface area contributed by atoms with Crippen LogP contribution >= 0.6 is 0 Å². The van der Waals surface area contributed by atoms with E-state index in [2.05, 4.69) is 25.9 Å². The lowest BCUT2D eigenvalue weighted by Crippen LogP contribution is -2.27.